The van der Waals surface area contributed by atoms with E-state index in [-0.39, 0.29) is 11.9 Å². The number of hydrogen-bond donors (Lipinski definition) is 0. The maximum absolute atomic E-state index is 12.4. The van der Waals surface area contributed by atoms with Crippen LogP contribution >= 0.6 is 0 Å². The Hall–Kier alpha value is -0.860. The van der Waals surface area contributed by atoms with Crippen LogP contribution in [0.2, 0.25) is 0 Å². The molecule has 0 amide bonds. The van der Waals surface area contributed by atoms with Crippen molar-refractivity contribution in [2.24, 2.45) is 5.92 Å². The number of rotatable bonds is 19. The summed E-state index contributed by atoms with van der Waals surface area (Å²) in [5.41, 5.74) is 0. The first-order valence-electron chi connectivity index (χ1n) is 10.9. The lowest BCUT2D eigenvalue weighted by atomic mass is 9.94. The Morgan fingerprint density at radius 1 is 0.760 bits per heavy atom. The fourth-order valence-electron chi connectivity index (χ4n) is 3.17. The Morgan fingerprint density at radius 3 is 1.88 bits per heavy atom. The summed E-state index contributed by atoms with van der Waals surface area (Å²) in [5.74, 6) is 0.110. The fraction of sp³-hybridized carbons (Fsp3) is 0.909. The molecule has 0 radical (unpaired) electrons. The second-order valence-corrected chi connectivity index (χ2v) is 7.29. The molecule has 25 heavy (non-hydrogen) atoms. The van der Waals surface area contributed by atoms with Crippen LogP contribution in [0.15, 0.2) is 0 Å². The van der Waals surface area contributed by atoms with E-state index in [0.717, 1.165) is 51.2 Å². The van der Waals surface area contributed by atoms with Crippen LogP contribution in [-0.2, 0) is 14.3 Å². The van der Waals surface area contributed by atoms with Gasteiger partial charge in [-0.1, -0.05) is 78.1 Å². The number of ether oxygens (including phenoxy) is 1. The van der Waals surface area contributed by atoms with Crippen LogP contribution < -0.4 is 0 Å². The van der Waals surface area contributed by atoms with Crippen molar-refractivity contribution in [2.75, 3.05) is 6.61 Å². The molecule has 0 N–H and O–H groups in total. The first kappa shape index (κ1) is 24.1. The molecule has 0 rings (SSSR count). The minimum absolute atomic E-state index is 0.0143. The van der Waals surface area contributed by atoms with Crippen molar-refractivity contribution in [3.63, 3.8) is 0 Å². The van der Waals surface area contributed by atoms with E-state index in [0.29, 0.717) is 13.0 Å². The number of carbonyl (C=O) groups is 2. The molecule has 0 fully saturated rings. The highest BCUT2D eigenvalue weighted by Crippen LogP contribution is 2.20. The van der Waals surface area contributed by atoms with Gasteiger partial charge in [0.05, 0.1) is 12.5 Å². The molecule has 0 aromatic carbocycles. The maximum Gasteiger partial charge on any atom is 0.308 e. The summed E-state index contributed by atoms with van der Waals surface area (Å²) in [5, 5.41) is 0. The molecule has 0 aromatic heterocycles. The molecule has 0 aliphatic rings. The maximum atomic E-state index is 12.4. The van der Waals surface area contributed by atoms with E-state index in [1.807, 2.05) is 0 Å². The number of unbranched alkanes of at least 4 members (excludes halogenated alkanes) is 11. The molecule has 1 unspecified atom stereocenters. The monoisotopic (exact) mass is 354 g/mol. The lowest BCUT2D eigenvalue weighted by molar-refractivity contribution is -0.149. The smallest absolute Gasteiger partial charge is 0.308 e. The molecule has 3 heteroatoms. The minimum Gasteiger partial charge on any atom is -0.465 e. The average Bonchev–Trinajstić information content (AvgIpc) is 2.62. The van der Waals surface area contributed by atoms with Crippen LogP contribution in [0.3, 0.4) is 0 Å². The quantitative estimate of drug-likeness (QED) is 0.149. The highest BCUT2D eigenvalue weighted by atomic mass is 16.5. The van der Waals surface area contributed by atoms with Crippen molar-refractivity contribution in [1.82, 2.24) is 0 Å². The van der Waals surface area contributed by atoms with E-state index in [4.69, 9.17) is 4.74 Å². The van der Waals surface area contributed by atoms with Gasteiger partial charge in [0.2, 0.25) is 0 Å². The third kappa shape index (κ3) is 16.4. The van der Waals surface area contributed by atoms with Gasteiger partial charge in [-0.3, -0.25) is 4.79 Å². The molecule has 0 bridgehead atoms. The number of esters is 1. The first-order valence-corrected chi connectivity index (χ1v) is 10.9. The zero-order chi connectivity index (χ0) is 18.6. The Morgan fingerprint density at radius 2 is 1.28 bits per heavy atom. The standard InChI is InChI=1S/C22H42O3/c1-3-5-7-9-10-14-18-21(17-13-8-6-4-2)22(24)25-20-16-12-11-15-19-23/h19,21H,3-18,20H2,1-2H3. The van der Waals surface area contributed by atoms with Gasteiger partial charge in [0.25, 0.3) is 0 Å². The Balaban J connectivity index is 3.99. The molecule has 0 spiro atoms. The molecule has 0 saturated carbocycles. The third-order valence-corrected chi connectivity index (χ3v) is 4.86. The minimum atomic E-state index is 0.0143. The molecule has 1 atom stereocenters. The van der Waals surface area contributed by atoms with Crippen LogP contribution in [-0.4, -0.2) is 18.9 Å². The van der Waals surface area contributed by atoms with Gasteiger partial charge in [-0.15, -0.1) is 0 Å². The van der Waals surface area contributed by atoms with Crippen molar-refractivity contribution in [3.8, 4) is 0 Å². The van der Waals surface area contributed by atoms with Gasteiger partial charge in [-0.2, -0.15) is 0 Å². The fourth-order valence-corrected chi connectivity index (χ4v) is 3.17. The van der Waals surface area contributed by atoms with Crippen molar-refractivity contribution in [1.29, 1.82) is 0 Å². The van der Waals surface area contributed by atoms with E-state index in [1.165, 1.54) is 51.4 Å². The Bertz CT molecular complexity index is 302. The zero-order valence-corrected chi connectivity index (χ0v) is 16.9. The number of aldehydes is 1. The first-order chi connectivity index (χ1) is 12.3. The average molecular weight is 355 g/mol. The van der Waals surface area contributed by atoms with Crippen LogP contribution in [0, 0.1) is 5.92 Å². The second kappa shape index (κ2) is 19.5. The van der Waals surface area contributed by atoms with Crippen molar-refractivity contribution < 1.29 is 14.3 Å². The summed E-state index contributed by atoms with van der Waals surface area (Å²) in [6.45, 7) is 4.97. The predicted molar refractivity (Wildman–Crippen MR) is 106 cm³/mol. The molecule has 0 aliphatic carbocycles. The van der Waals surface area contributed by atoms with Gasteiger partial charge in [-0.05, 0) is 32.1 Å². The second-order valence-electron chi connectivity index (χ2n) is 7.29. The summed E-state index contributed by atoms with van der Waals surface area (Å²) in [6.07, 6.45) is 18.8. The van der Waals surface area contributed by atoms with Crippen molar-refractivity contribution in [3.05, 3.63) is 0 Å². The molecule has 0 saturated heterocycles. The normalized spacial score (nSPS) is 12.1. The largest absolute Gasteiger partial charge is 0.465 e. The summed E-state index contributed by atoms with van der Waals surface area (Å²) < 4.78 is 5.51. The molecule has 0 aromatic rings. The SMILES string of the molecule is CCCCCCCCC(CCCCCC)C(=O)OCCCCCC=O. The highest BCUT2D eigenvalue weighted by Gasteiger charge is 2.19. The van der Waals surface area contributed by atoms with Crippen molar-refractivity contribution in [2.45, 2.75) is 117 Å². The van der Waals surface area contributed by atoms with Gasteiger partial charge in [-0.25, -0.2) is 0 Å². The lowest BCUT2D eigenvalue weighted by Crippen LogP contribution is -2.18. The molecule has 3 nitrogen and oxygen atoms in total. The van der Waals surface area contributed by atoms with Gasteiger partial charge in [0.1, 0.15) is 6.29 Å². The lowest BCUT2D eigenvalue weighted by Gasteiger charge is -2.16. The van der Waals surface area contributed by atoms with E-state index < -0.39 is 0 Å². The van der Waals surface area contributed by atoms with Gasteiger partial charge in [0, 0.05) is 6.42 Å². The molecular weight excluding hydrogens is 312 g/mol. The van der Waals surface area contributed by atoms with E-state index in [2.05, 4.69) is 13.8 Å². The van der Waals surface area contributed by atoms with Gasteiger partial charge < -0.3 is 9.53 Å². The van der Waals surface area contributed by atoms with Gasteiger partial charge in [0.15, 0.2) is 0 Å². The van der Waals surface area contributed by atoms with Gasteiger partial charge >= 0.3 is 5.97 Å². The van der Waals surface area contributed by atoms with Crippen LogP contribution in [0.4, 0.5) is 0 Å². The molecule has 0 heterocycles. The van der Waals surface area contributed by atoms with Crippen LogP contribution in [0.1, 0.15) is 117 Å². The Kier molecular flexibility index (Phi) is 18.8. The number of hydrogen-bond acceptors (Lipinski definition) is 3. The van der Waals surface area contributed by atoms with E-state index in [1.54, 1.807) is 0 Å². The molecular formula is C22H42O3. The highest BCUT2D eigenvalue weighted by molar-refractivity contribution is 5.72. The van der Waals surface area contributed by atoms with Crippen molar-refractivity contribution >= 4 is 12.3 Å². The summed E-state index contributed by atoms with van der Waals surface area (Å²) in [4.78, 5) is 22.7. The molecule has 148 valence electrons. The van der Waals surface area contributed by atoms with Crippen LogP contribution in [0.25, 0.3) is 0 Å². The van der Waals surface area contributed by atoms with E-state index in [9.17, 15) is 9.59 Å². The van der Waals surface area contributed by atoms with E-state index >= 15 is 0 Å². The Labute approximate surface area is 156 Å². The third-order valence-electron chi connectivity index (χ3n) is 4.86. The summed E-state index contributed by atoms with van der Waals surface area (Å²) >= 11 is 0. The topological polar surface area (TPSA) is 43.4 Å². The summed E-state index contributed by atoms with van der Waals surface area (Å²) in [7, 11) is 0. The van der Waals surface area contributed by atoms with Crippen LogP contribution in [0.5, 0.6) is 0 Å². The predicted octanol–water partition coefficient (Wildman–Crippen LogP) is 6.63. The summed E-state index contributed by atoms with van der Waals surface area (Å²) in [6, 6.07) is 0. The number of carbonyl (C=O) groups excluding carboxylic acids is 2. The zero-order valence-electron chi connectivity index (χ0n) is 16.9. The molecule has 0 aliphatic heterocycles.